The van der Waals surface area contributed by atoms with Gasteiger partial charge in [-0.25, -0.2) is 0 Å². The maximum Gasteiger partial charge on any atom is 0.233 e. The monoisotopic (exact) mass is 288 g/mol. The molecule has 0 aliphatic heterocycles. The third kappa shape index (κ3) is 2.68. The Balaban J connectivity index is 2.30. The first kappa shape index (κ1) is 11.7. The van der Waals surface area contributed by atoms with Crippen LogP contribution >= 0.6 is 15.9 Å². The van der Waals surface area contributed by atoms with Crippen LogP contribution < -0.4 is 0 Å². The lowest BCUT2D eigenvalue weighted by molar-refractivity contribution is 0.0817. The Labute approximate surface area is 107 Å². The Hall–Kier alpha value is -1.74. The Morgan fingerprint density at radius 2 is 1.35 bits per heavy atom. The highest BCUT2D eigenvalue weighted by molar-refractivity contribution is 9.10. The van der Waals surface area contributed by atoms with Crippen LogP contribution in [0.2, 0.25) is 0 Å². The molecule has 0 aromatic heterocycles. The summed E-state index contributed by atoms with van der Waals surface area (Å²) in [6.07, 6.45) is 0. The highest BCUT2D eigenvalue weighted by Gasteiger charge is 2.17. The molecule has 84 valence electrons. The first-order valence-corrected chi connectivity index (χ1v) is 5.87. The quantitative estimate of drug-likeness (QED) is 0.640. The van der Waals surface area contributed by atoms with Gasteiger partial charge in [-0.3, -0.25) is 9.59 Å². The van der Waals surface area contributed by atoms with E-state index in [1.54, 1.807) is 48.5 Å². The topological polar surface area (TPSA) is 34.1 Å². The third-order valence-electron chi connectivity index (χ3n) is 2.33. The van der Waals surface area contributed by atoms with E-state index in [2.05, 4.69) is 15.9 Å². The molecule has 0 bridgehead atoms. The molecule has 0 N–H and O–H groups in total. The van der Waals surface area contributed by atoms with Crippen molar-refractivity contribution in [2.45, 2.75) is 0 Å². The molecule has 3 heteroatoms. The highest BCUT2D eigenvalue weighted by Crippen LogP contribution is 2.14. The number of halogens is 1. The van der Waals surface area contributed by atoms with Crippen LogP contribution in [0, 0.1) is 0 Å². The van der Waals surface area contributed by atoms with E-state index in [9.17, 15) is 9.59 Å². The van der Waals surface area contributed by atoms with Crippen molar-refractivity contribution in [2.24, 2.45) is 0 Å². The van der Waals surface area contributed by atoms with E-state index in [-0.39, 0.29) is 0 Å². The fourth-order valence-electron chi connectivity index (χ4n) is 1.48. The van der Waals surface area contributed by atoms with Crippen molar-refractivity contribution in [3.8, 4) is 0 Å². The minimum atomic E-state index is -0.488. The van der Waals surface area contributed by atoms with Gasteiger partial charge in [-0.15, -0.1) is 0 Å². The van der Waals surface area contributed by atoms with E-state index in [0.717, 1.165) is 4.47 Å². The molecule has 0 aliphatic rings. The van der Waals surface area contributed by atoms with Crippen molar-refractivity contribution < 1.29 is 9.59 Å². The van der Waals surface area contributed by atoms with E-state index >= 15 is 0 Å². The van der Waals surface area contributed by atoms with E-state index in [1.807, 2.05) is 6.07 Å². The maximum atomic E-state index is 11.9. The number of Topliss-reactive ketones (excluding diaryl/α,β-unsaturated/α-hetero) is 2. The van der Waals surface area contributed by atoms with Crippen molar-refractivity contribution in [1.82, 2.24) is 0 Å². The van der Waals surface area contributed by atoms with Crippen molar-refractivity contribution in [2.75, 3.05) is 0 Å². The number of hydrogen-bond donors (Lipinski definition) is 0. The van der Waals surface area contributed by atoms with Gasteiger partial charge < -0.3 is 0 Å². The molecule has 0 unspecified atom stereocenters. The lowest BCUT2D eigenvalue weighted by Gasteiger charge is -2.01. The number of benzene rings is 2. The van der Waals surface area contributed by atoms with E-state index in [0.29, 0.717) is 11.1 Å². The second-order valence-electron chi connectivity index (χ2n) is 3.53. The van der Waals surface area contributed by atoms with Gasteiger partial charge in [0.25, 0.3) is 0 Å². The summed E-state index contributed by atoms with van der Waals surface area (Å²) in [7, 11) is 0. The number of rotatable bonds is 3. The van der Waals surface area contributed by atoms with E-state index in [4.69, 9.17) is 0 Å². The van der Waals surface area contributed by atoms with Gasteiger partial charge in [0.05, 0.1) is 0 Å². The molecule has 0 saturated heterocycles. The molecule has 17 heavy (non-hydrogen) atoms. The largest absolute Gasteiger partial charge is 0.285 e. The van der Waals surface area contributed by atoms with Crippen LogP contribution in [0.25, 0.3) is 0 Å². The first-order valence-electron chi connectivity index (χ1n) is 5.08. The molecule has 2 aromatic rings. The fourth-order valence-corrected chi connectivity index (χ4v) is 1.88. The number of hydrogen-bond acceptors (Lipinski definition) is 2. The zero-order valence-electron chi connectivity index (χ0n) is 8.89. The van der Waals surface area contributed by atoms with Crippen LogP contribution in [0.5, 0.6) is 0 Å². The molecule has 2 nitrogen and oxygen atoms in total. The number of carbonyl (C=O) groups excluding carboxylic acids is 2. The van der Waals surface area contributed by atoms with Gasteiger partial charge in [0, 0.05) is 15.6 Å². The summed E-state index contributed by atoms with van der Waals surface area (Å²) in [5.41, 5.74) is 0.811. The average Bonchev–Trinajstić information content (AvgIpc) is 2.38. The Bertz CT molecular complexity index is 561. The minimum Gasteiger partial charge on any atom is -0.285 e. The molecule has 0 saturated carbocycles. The van der Waals surface area contributed by atoms with Crippen molar-refractivity contribution >= 4 is 27.5 Å². The van der Waals surface area contributed by atoms with Gasteiger partial charge in [-0.2, -0.15) is 0 Å². The maximum absolute atomic E-state index is 11.9. The SMILES string of the molecule is O=C(C(=O)c1cccc(Br)c1)c1ccccc1. The zero-order chi connectivity index (χ0) is 12.3. The summed E-state index contributed by atoms with van der Waals surface area (Å²) >= 11 is 3.27. The van der Waals surface area contributed by atoms with Gasteiger partial charge >= 0.3 is 0 Å². The van der Waals surface area contributed by atoms with Crippen LogP contribution in [0.3, 0.4) is 0 Å². The van der Waals surface area contributed by atoms with Crippen LogP contribution in [-0.2, 0) is 0 Å². The minimum absolute atomic E-state index is 0.397. The molecule has 2 rings (SSSR count). The molecule has 0 radical (unpaired) electrons. The standard InChI is InChI=1S/C14H9BrO2/c15-12-8-4-7-11(9-12)14(17)13(16)10-5-2-1-3-6-10/h1-9H. The van der Waals surface area contributed by atoms with Crippen molar-refractivity contribution in [3.05, 3.63) is 70.2 Å². The van der Waals surface area contributed by atoms with Crippen LogP contribution in [0.4, 0.5) is 0 Å². The van der Waals surface area contributed by atoms with Crippen molar-refractivity contribution in [3.63, 3.8) is 0 Å². The molecule has 0 aliphatic carbocycles. The predicted octanol–water partition coefficient (Wildman–Crippen LogP) is 3.51. The Morgan fingerprint density at radius 3 is 2.00 bits per heavy atom. The lowest BCUT2D eigenvalue weighted by atomic mass is 10.0. The molecular weight excluding hydrogens is 280 g/mol. The average molecular weight is 289 g/mol. The predicted molar refractivity (Wildman–Crippen MR) is 69.2 cm³/mol. The molecule has 0 amide bonds. The van der Waals surface area contributed by atoms with Crippen molar-refractivity contribution in [1.29, 1.82) is 0 Å². The van der Waals surface area contributed by atoms with Gasteiger partial charge in [0.2, 0.25) is 11.6 Å². The molecule has 0 heterocycles. The fraction of sp³-hybridized carbons (Fsp3) is 0. The highest BCUT2D eigenvalue weighted by atomic mass is 79.9. The third-order valence-corrected chi connectivity index (χ3v) is 2.82. The Kier molecular flexibility index (Phi) is 3.49. The number of ketones is 2. The lowest BCUT2D eigenvalue weighted by Crippen LogP contribution is -2.14. The van der Waals surface area contributed by atoms with E-state index < -0.39 is 11.6 Å². The second kappa shape index (κ2) is 5.06. The summed E-state index contributed by atoms with van der Waals surface area (Å²) in [6, 6.07) is 15.4. The van der Waals surface area contributed by atoms with Gasteiger partial charge in [-0.1, -0.05) is 58.4 Å². The molecule has 0 fully saturated rings. The van der Waals surface area contributed by atoms with Crippen LogP contribution in [0.1, 0.15) is 20.7 Å². The first-order chi connectivity index (χ1) is 8.18. The summed E-state index contributed by atoms with van der Waals surface area (Å²) < 4.78 is 0.782. The second-order valence-corrected chi connectivity index (χ2v) is 4.45. The molecular formula is C14H9BrO2. The Morgan fingerprint density at radius 1 is 0.765 bits per heavy atom. The summed E-state index contributed by atoms with van der Waals surface area (Å²) in [6.45, 7) is 0. The summed E-state index contributed by atoms with van der Waals surface area (Å²) in [4.78, 5) is 23.8. The number of carbonyl (C=O) groups is 2. The molecule has 2 aromatic carbocycles. The van der Waals surface area contributed by atoms with Gasteiger partial charge in [0.1, 0.15) is 0 Å². The summed E-state index contributed by atoms with van der Waals surface area (Å²) in [5, 5.41) is 0. The van der Waals surface area contributed by atoms with Crippen LogP contribution in [-0.4, -0.2) is 11.6 Å². The summed E-state index contributed by atoms with van der Waals surface area (Å²) in [5.74, 6) is -0.971. The van der Waals surface area contributed by atoms with Gasteiger partial charge in [0.15, 0.2) is 0 Å². The van der Waals surface area contributed by atoms with E-state index in [1.165, 1.54) is 0 Å². The molecule has 0 atom stereocenters. The normalized spacial score (nSPS) is 9.94. The zero-order valence-corrected chi connectivity index (χ0v) is 10.5. The molecule has 0 spiro atoms. The smallest absolute Gasteiger partial charge is 0.233 e. The van der Waals surface area contributed by atoms with Crippen LogP contribution in [0.15, 0.2) is 59.1 Å². The van der Waals surface area contributed by atoms with Gasteiger partial charge in [-0.05, 0) is 12.1 Å².